The van der Waals surface area contributed by atoms with Gasteiger partial charge in [0.15, 0.2) is 15.7 Å². The number of carbonyl (C=O) groups is 1. The van der Waals surface area contributed by atoms with Gasteiger partial charge < -0.3 is 16.4 Å². The quantitative estimate of drug-likeness (QED) is 0.556. The fourth-order valence-corrected chi connectivity index (χ4v) is 3.58. The number of rotatable bonds is 6. The van der Waals surface area contributed by atoms with Gasteiger partial charge in [0, 0.05) is 34.6 Å². The molecule has 0 aliphatic rings. The van der Waals surface area contributed by atoms with Gasteiger partial charge in [-0.2, -0.15) is 0 Å². The average molecular weight is 419 g/mol. The van der Waals surface area contributed by atoms with E-state index in [0.29, 0.717) is 29.3 Å². The zero-order valence-corrected chi connectivity index (χ0v) is 16.5. The molecule has 28 heavy (non-hydrogen) atoms. The van der Waals surface area contributed by atoms with Gasteiger partial charge in [-0.1, -0.05) is 0 Å². The largest absolute Gasteiger partial charge is 0.384 e. The summed E-state index contributed by atoms with van der Waals surface area (Å²) in [6.45, 7) is 0.398. The molecule has 3 aromatic rings. The van der Waals surface area contributed by atoms with Crippen molar-refractivity contribution in [2.75, 3.05) is 17.3 Å². The monoisotopic (exact) mass is 418 g/mol. The summed E-state index contributed by atoms with van der Waals surface area (Å²) in [5, 5.41) is 5.46. The van der Waals surface area contributed by atoms with Crippen molar-refractivity contribution < 1.29 is 13.2 Å². The number of urea groups is 1. The summed E-state index contributed by atoms with van der Waals surface area (Å²) in [4.78, 5) is 25.3. The Kier molecular flexibility index (Phi) is 5.85. The van der Waals surface area contributed by atoms with Crippen molar-refractivity contribution in [3.05, 3.63) is 52.6 Å². The highest BCUT2D eigenvalue weighted by Crippen LogP contribution is 2.20. The molecule has 0 bridgehead atoms. The molecular formula is C17H18N6O3S2. The van der Waals surface area contributed by atoms with Crippen molar-refractivity contribution in [3.63, 3.8) is 0 Å². The Hall–Kier alpha value is -3.05. The number of nitrogen functional groups attached to an aromatic ring is 1. The fourth-order valence-electron chi connectivity index (χ4n) is 2.36. The van der Waals surface area contributed by atoms with Gasteiger partial charge in [0.05, 0.1) is 23.5 Å². The van der Waals surface area contributed by atoms with Crippen molar-refractivity contribution in [1.82, 2.24) is 20.3 Å². The third-order valence-electron chi connectivity index (χ3n) is 3.52. The van der Waals surface area contributed by atoms with Crippen LogP contribution in [0.15, 0.2) is 42.0 Å². The molecule has 2 heterocycles. The van der Waals surface area contributed by atoms with Crippen LogP contribution in [0.1, 0.15) is 10.6 Å². The maximum atomic E-state index is 11.9. The third kappa shape index (κ3) is 5.72. The minimum absolute atomic E-state index is 0.188. The number of anilines is 2. The second-order valence-corrected chi connectivity index (χ2v) is 9.14. The van der Waals surface area contributed by atoms with Gasteiger partial charge in [0.25, 0.3) is 0 Å². The lowest BCUT2D eigenvalue weighted by atomic mass is 10.2. The molecule has 0 fully saturated rings. The highest BCUT2D eigenvalue weighted by Gasteiger charge is 2.11. The minimum atomic E-state index is -3.24. The Labute approximate surface area is 166 Å². The number of sulfone groups is 1. The maximum Gasteiger partial charge on any atom is 0.319 e. The zero-order valence-electron chi connectivity index (χ0n) is 14.9. The maximum absolute atomic E-state index is 11.9. The van der Waals surface area contributed by atoms with Crippen LogP contribution >= 0.6 is 11.3 Å². The summed E-state index contributed by atoms with van der Waals surface area (Å²) in [6.07, 6.45) is 2.83. The number of thiazole rings is 1. The predicted molar refractivity (Wildman–Crippen MR) is 108 cm³/mol. The number of nitrogens with zero attached hydrogens (tertiary/aromatic N) is 3. The van der Waals surface area contributed by atoms with Crippen molar-refractivity contribution in [3.8, 4) is 11.4 Å². The second kappa shape index (κ2) is 8.31. The van der Waals surface area contributed by atoms with Crippen LogP contribution in [0.25, 0.3) is 11.4 Å². The number of hydrogen-bond acceptors (Lipinski definition) is 8. The van der Waals surface area contributed by atoms with Gasteiger partial charge in [-0.25, -0.2) is 23.2 Å². The van der Waals surface area contributed by atoms with Crippen molar-refractivity contribution in [1.29, 1.82) is 0 Å². The van der Waals surface area contributed by atoms with Crippen LogP contribution in [-0.4, -0.2) is 35.7 Å². The van der Waals surface area contributed by atoms with Gasteiger partial charge in [0.1, 0.15) is 5.82 Å². The Bertz CT molecular complexity index is 1070. The third-order valence-corrected chi connectivity index (χ3v) is 5.12. The molecule has 0 aliphatic carbocycles. The number of benzene rings is 1. The zero-order chi connectivity index (χ0) is 20.1. The molecule has 0 radical (unpaired) electrons. The molecular weight excluding hydrogens is 400 g/mol. The van der Waals surface area contributed by atoms with E-state index in [4.69, 9.17) is 5.73 Å². The first-order valence-electron chi connectivity index (χ1n) is 8.12. The topological polar surface area (TPSA) is 140 Å². The number of hydrogen-bond donors (Lipinski definition) is 3. The molecule has 0 saturated carbocycles. The van der Waals surface area contributed by atoms with Crippen LogP contribution in [0.2, 0.25) is 0 Å². The van der Waals surface area contributed by atoms with E-state index < -0.39 is 9.84 Å². The van der Waals surface area contributed by atoms with Crippen LogP contribution in [0.4, 0.5) is 16.3 Å². The van der Waals surface area contributed by atoms with Gasteiger partial charge in [-0.3, -0.25) is 4.98 Å². The van der Waals surface area contributed by atoms with Gasteiger partial charge in [0.2, 0.25) is 0 Å². The molecule has 0 saturated heterocycles. The van der Waals surface area contributed by atoms with E-state index >= 15 is 0 Å². The molecule has 2 amide bonds. The summed E-state index contributed by atoms with van der Waals surface area (Å²) in [5.74, 6) is 0.292. The first-order valence-corrected chi connectivity index (χ1v) is 11.1. The second-order valence-electron chi connectivity index (χ2n) is 6.03. The molecule has 3 rings (SSSR count). The molecule has 146 valence electrons. The molecule has 1 aromatic carbocycles. The number of nitrogens with two attached hydrogens (primary N) is 1. The minimum Gasteiger partial charge on any atom is -0.384 e. The Morgan fingerprint density at radius 2 is 1.96 bits per heavy atom. The summed E-state index contributed by atoms with van der Waals surface area (Å²) in [5.41, 5.74) is 9.04. The molecule has 4 N–H and O–H groups in total. The van der Waals surface area contributed by atoms with E-state index in [1.54, 1.807) is 36.0 Å². The average Bonchev–Trinajstić information content (AvgIpc) is 3.12. The Morgan fingerprint density at radius 3 is 2.61 bits per heavy atom. The standard InChI is InChI=1S/C17H18N6O3S2/c1-28(25,26)9-13-6-15(18)23-16(21-13)11-2-4-12(5-3-11)22-17(24)20-8-14-7-19-10-27-14/h2-7,10H,8-9H2,1H3,(H2,18,21,23)(H2,20,22,24). The van der Waals surface area contributed by atoms with Gasteiger partial charge in [-0.05, 0) is 24.3 Å². The van der Waals surface area contributed by atoms with Crippen molar-refractivity contribution in [2.45, 2.75) is 12.3 Å². The molecule has 9 nitrogen and oxygen atoms in total. The summed E-state index contributed by atoms with van der Waals surface area (Å²) < 4.78 is 23.0. The van der Waals surface area contributed by atoms with E-state index in [1.807, 2.05) is 0 Å². The first-order chi connectivity index (χ1) is 13.3. The summed E-state index contributed by atoms with van der Waals surface area (Å²) >= 11 is 1.46. The normalized spacial score (nSPS) is 11.2. The molecule has 0 atom stereocenters. The van der Waals surface area contributed by atoms with Crippen LogP contribution in [0, 0.1) is 0 Å². The Morgan fingerprint density at radius 1 is 1.21 bits per heavy atom. The summed E-state index contributed by atoms with van der Waals surface area (Å²) in [6, 6.07) is 7.94. The van der Waals surface area contributed by atoms with Crippen LogP contribution in [0.5, 0.6) is 0 Å². The predicted octanol–water partition coefficient (Wildman–Crippen LogP) is 2.05. The molecule has 2 aromatic heterocycles. The number of amides is 2. The lowest BCUT2D eigenvalue weighted by Crippen LogP contribution is -2.27. The number of aromatic nitrogens is 3. The highest BCUT2D eigenvalue weighted by atomic mass is 32.2. The lowest BCUT2D eigenvalue weighted by molar-refractivity contribution is 0.252. The van der Waals surface area contributed by atoms with E-state index in [0.717, 1.165) is 11.1 Å². The number of nitrogens with one attached hydrogen (secondary N) is 2. The molecule has 11 heteroatoms. The molecule has 0 aliphatic heterocycles. The first kappa shape index (κ1) is 19.7. The lowest BCUT2D eigenvalue weighted by Gasteiger charge is -2.08. The van der Waals surface area contributed by atoms with E-state index in [9.17, 15) is 13.2 Å². The Balaban J connectivity index is 1.67. The van der Waals surface area contributed by atoms with E-state index in [-0.39, 0.29) is 17.6 Å². The van der Waals surface area contributed by atoms with Gasteiger partial charge in [-0.15, -0.1) is 11.3 Å². The molecule has 0 spiro atoms. The summed E-state index contributed by atoms with van der Waals surface area (Å²) in [7, 11) is -3.24. The SMILES string of the molecule is CS(=O)(=O)Cc1cc(N)nc(-c2ccc(NC(=O)NCc3cncs3)cc2)n1. The van der Waals surface area contributed by atoms with Crippen LogP contribution in [-0.2, 0) is 22.1 Å². The molecule has 0 unspecified atom stereocenters. The van der Waals surface area contributed by atoms with Crippen LogP contribution < -0.4 is 16.4 Å². The number of carbonyl (C=O) groups excluding carboxylic acids is 1. The smallest absolute Gasteiger partial charge is 0.319 e. The van der Waals surface area contributed by atoms with Crippen LogP contribution in [0.3, 0.4) is 0 Å². The van der Waals surface area contributed by atoms with E-state index in [2.05, 4.69) is 25.6 Å². The van der Waals surface area contributed by atoms with Crippen molar-refractivity contribution >= 4 is 38.7 Å². The van der Waals surface area contributed by atoms with E-state index in [1.165, 1.54) is 17.4 Å². The van der Waals surface area contributed by atoms with Gasteiger partial charge >= 0.3 is 6.03 Å². The highest BCUT2D eigenvalue weighted by molar-refractivity contribution is 7.89. The van der Waals surface area contributed by atoms with Crippen molar-refractivity contribution in [2.24, 2.45) is 0 Å². The fraction of sp³-hybridized carbons (Fsp3) is 0.176.